The molecule has 11 nitrogen and oxygen atoms in total. The van der Waals surface area contributed by atoms with Gasteiger partial charge in [-0.05, 0) is 42.6 Å². The molecule has 2 aliphatic rings. The molecule has 0 aromatic heterocycles. The third-order valence-corrected chi connectivity index (χ3v) is 13.2. The molecule has 6 rings (SSSR count). The quantitative estimate of drug-likeness (QED) is 0.0308. The lowest BCUT2D eigenvalue weighted by molar-refractivity contribution is 0.0978. The number of carbonyl (C=O) groups is 6. The molecule has 2 amide bonds. The van der Waals surface area contributed by atoms with Gasteiger partial charge in [0.1, 0.15) is 6.73 Å². The van der Waals surface area contributed by atoms with E-state index in [0.29, 0.717) is 13.0 Å². The molecule has 0 fully saturated rings. The van der Waals surface area contributed by atoms with E-state index in [2.05, 4.69) is 29.8 Å². The second kappa shape index (κ2) is 27.2. The molecule has 0 aliphatic heterocycles. The highest BCUT2D eigenvalue weighted by molar-refractivity contribution is 6.35. The highest BCUT2D eigenvalue weighted by atomic mass is 16.6. The summed E-state index contributed by atoms with van der Waals surface area (Å²) in [5, 5.41) is 8.54. The van der Waals surface area contributed by atoms with Crippen molar-refractivity contribution < 1.29 is 38.2 Å². The van der Waals surface area contributed by atoms with Crippen molar-refractivity contribution in [3.63, 3.8) is 0 Å². The Labute approximate surface area is 402 Å². The van der Waals surface area contributed by atoms with E-state index in [0.717, 1.165) is 32.1 Å². The standard InChI is InChI=1S/C57H71N3O8/c1-3-5-7-9-11-13-15-16-18-20-22-28-38-67-56(65)59-46-35-33-40(48-50(46)54(63)44-31-25-23-29-42(44)52(48)61)41-34-36-47(51-49(41)53(62)43-30-24-26-32-45(43)55(51)64)60-57(66)68-39-58-37-27-21-19-17-14-12-10-8-6-4-2/h23-26,29-36,58H,3-22,27-28,37-39H2,1-2H3,(H,59,65)(H,60,66). The number of hydrogen-bond acceptors (Lipinski definition) is 9. The second-order valence-corrected chi connectivity index (χ2v) is 18.3. The molecule has 3 N–H and O–H groups in total. The predicted octanol–water partition coefficient (Wildman–Crippen LogP) is 14.2. The molecular weight excluding hydrogens is 855 g/mol. The second-order valence-electron chi connectivity index (χ2n) is 18.3. The Hall–Kier alpha value is -5.94. The van der Waals surface area contributed by atoms with Crippen LogP contribution < -0.4 is 16.0 Å². The van der Waals surface area contributed by atoms with Crippen molar-refractivity contribution in [2.24, 2.45) is 0 Å². The Morgan fingerprint density at radius 3 is 1.12 bits per heavy atom. The van der Waals surface area contributed by atoms with Crippen LogP contribution in [0.4, 0.5) is 21.0 Å². The molecule has 0 spiro atoms. The van der Waals surface area contributed by atoms with Crippen molar-refractivity contribution in [3.05, 3.63) is 117 Å². The Kier molecular flexibility index (Phi) is 20.5. The van der Waals surface area contributed by atoms with Gasteiger partial charge in [-0.2, -0.15) is 0 Å². The van der Waals surface area contributed by atoms with Gasteiger partial charge in [-0.1, -0.05) is 203 Å². The smallest absolute Gasteiger partial charge is 0.412 e. The van der Waals surface area contributed by atoms with E-state index in [1.807, 2.05) is 0 Å². The first kappa shape index (κ1) is 51.5. The lowest BCUT2D eigenvalue weighted by Crippen LogP contribution is -2.28. The van der Waals surface area contributed by atoms with Crippen LogP contribution in [0.2, 0.25) is 0 Å². The monoisotopic (exact) mass is 926 g/mol. The zero-order chi connectivity index (χ0) is 48.1. The van der Waals surface area contributed by atoms with Gasteiger partial charge in [0.15, 0.2) is 23.1 Å². The molecule has 0 atom stereocenters. The summed E-state index contributed by atoms with van der Waals surface area (Å²) < 4.78 is 11.0. The van der Waals surface area contributed by atoms with Gasteiger partial charge in [-0.25, -0.2) is 9.59 Å². The molecule has 0 heterocycles. The van der Waals surface area contributed by atoms with Crippen LogP contribution in [-0.2, 0) is 9.47 Å². The molecule has 68 heavy (non-hydrogen) atoms. The molecule has 4 aromatic carbocycles. The van der Waals surface area contributed by atoms with Gasteiger partial charge in [0.2, 0.25) is 0 Å². The minimum Gasteiger partial charge on any atom is -0.449 e. The molecule has 0 radical (unpaired) electrons. The van der Waals surface area contributed by atoms with Crippen LogP contribution in [0.5, 0.6) is 0 Å². The molecule has 0 saturated carbocycles. The van der Waals surface area contributed by atoms with Crippen LogP contribution in [0.3, 0.4) is 0 Å². The number of rotatable bonds is 29. The van der Waals surface area contributed by atoms with E-state index in [1.54, 1.807) is 60.7 Å². The van der Waals surface area contributed by atoms with Crippen molar-refractivity contribution in [1.82, 2.24) is 5.32 Å². The van der Waals surface area contributed by atoms with Gasteiger partial charge in [0, 0.05) is 33.4 Å². The molecule has 0 bridgehead atoms. The van der Waals surface area contributed by atoms with Crippen molar-refractivity contribution in [3.8, 4) is 11.1 Å². The van der Waals surface area contributed by atoms with E-state index in [4.69, 9.17) is 9.47 Å². The molecule has 0 unspecified atom stereocenters. The largest absolute Gasteiger partial charge is 0.449 e. The molecular formula is C57H71N3O8. The number of amides is 2. The lowest BCUT2D eigenvalue weighted by Gasteiger charge is -2.26. The van der Waals surface area contributed by atoms with Crippen LogP contribution in [0.1, 0.15) is 219 Å². The van der Waals surface area contributed by atoms with E-state index in [-0.39, 0.29) is 80.3 Å². The fourth-order valence-corrected chi connectivity index (χ4v) is 9.43. The maximum Gasteiger partial charge on any atom is 0.412 e. The zero-order valence-electron chi connectivity index (χ0n) is 40.4. The summed E-state index contributed by atoms with van der Waals surface area (Å²) in [6.07, 6.45) is 24.7. The number of carbonyl (C=O) groups excluding carboxylic acids is 6. The first-order valence-corrected chi connectivity index (χ1v) is 25.6. The normalized spacial score (nSPS) is 12.6. The maximum absolute atomic E-state index is 14.6. The first-order chi connectivity index (χ1) is 33.3. The minimum absolute atomic E-state index is 0.0256. The zero-order valence-corrected chi connectivity index (χ0v) is 40.4. The number of nitrogens with one attached hydrogen (secondary N) is 3. The van der Waals surface area contributed by atoms with Crippen molar-refractivity contribution in [1.29, 1.82) is 0 Å². The number of anilines is 2. The van der Waals surface area contributed by atoms with E-state index < -0.39 is 35.3 Å². The van der Waals surface area contributed by atoms with E-state index in [9.17, 15) is 28.8 Å². The third kappa shape index (κ3) is 13.6. The first-order valence-electron chi connectivity index (χ1n) is 25.6. The van der Waals surface area contributed by atoms with E-state index in [1.165, 1.54) is 115 Å². The summed E-state index contributed by atoms with van der Waals surface area (Å²) in [6.45, 7) is 5.30. The summed E-state index contributed by atoms with van der Waals surface area (Å²) >= 11 is 0. The Balaban J connectivity index is 1.15. The number of fused-ring (bicyclic) bond motifs is 4. The maximum atomic E-state index is 14.6. The molecule has 11 heteroatoms. The van der Waals surface area contributed by atoms with Crippen LogP contribution in [0, 0.1) is 0 Å². The van der Waals surface area contributed by atoms with Crippen LogP contribution in [-0.4, -0.2) is 55.2 Å². The summed E-state index contributed by atoms with van der Waals surface area (Å²) in [4.78, 5) is 84.3. The van der Waals surface area contributed by atoms with Gasteiger partial charge < -0.3 is 9.47 Å². The van der Waals surface area contributed by atoms with Gasteiger partial charge in [-0.15, -0.1) is 0 Å². The highest BCUT2D eigenvalue weighted by Gasteiger charge is 2.39. The van der Waals surface area contributed by atoms with Crippen LogP contribution in [0.25, 0.3) is 11.1 Å². The Morgan fingerprint density at radius 1 is 0.382 bits per heavy atom. The summed E-state index contributed by atoms with van der Waals surface area (Å²) in [7, 11) is 0. The van der Waals surface area contributed by atoms with Gasteiger partial charge in [0.25, 0.3) is 0 Å². The fourth-order valence-electron chi connectivity index (χ4n) is 9.43. The summed E-state index contributed by atoms with van der Waals surface area (Å²) in [6, 6.07) is 19.0. The number of hydrogen-bond donors (Lipinski definition) is 3. The van der Waals surface area contributed by atoms with Crippen LogP contribution in [0.15, 0.2) is 72.8 Å². The van der Waals surface area contributed by atoms with E-state index >= 15 is 0 Å². The molecule has 0 saturated heterocycles. The summed E-state index contributed by atoms with van der Waals surface area (Å²) in [5.74, 6) is -1.97. The van der Waals surface area contributed by atoms with Crippen molar-refractivity contribution >= 4 is 46.7 Å². The summed E-state index contributed by atoms with van der Waals surface area (Å²) in [5.41, 5.74) is 1.08. The number of unbranched alkanes of at least 4 members (excludes halogenated alkanes) is 20. The van der Waals surface area contributed by atoms with Gasteiger partial charge in [-0.3, -0.25) is 35.1 Å². The Morgan fingerprint density at radius 2 is 0.721 bits per heavy atom. The molecule has 362 valence electrons. The van der Waals surface area contributed by atoms with Crippen molar-refractivity contribution in [2.45, 2.75) is 155 Å². The number of ether oxygens (including phenoxy) is 2. The minimum atomic E-state index is -0.814. The lowest BCUT2D eigenvalue weighted by atomic mass is 9.75. The van der Waals surface area contributed by atoms with Crippen molar-refractivity contribution in [2.75, 3.05) is 30.5 Å². The fraction of sp³-hybridized carbons (Fsp3) is 0.474. The van der Waals surface area contributed by atoms with Crippen LogP contribution >= 0.6 is 0 Å². The molecule has 4 aromatic rings. The predicted molar refractivity (Wildman–Crippen MR) is 269 cm³/mol. The average Bonchev–Trinajstić information content (AvgIpc) is 3.35. The number of benzene rings is 4. The third-order valence-electron chi connectivity index (χ3n) is 13.2. The Bertz CT molecular complexity index is 2220. The molecule has 2 aliphatic carbocycles. The van der Waals surface area contributed by atoms with Gasteiger partial charge >= 0.3 is 12.2 Å². The topological polar surface area (TPSA) is 157 Å². The highest BCUT2D eigenvalue weighted by Crippen LogP contribution is 2.43. The number of ketones is 4. The average molecular weight is 926 g/mol. The SMILES string of the molecule is CCCCCCCCCCCCCCOC(=O)Nc1ccc(-c2ccc(NC(=O)OCNCCCCCCCCCCCC)c3c2C(=O)c2ccccc2C3=O)c2c1C(=O)c1ccccc1C2=O. The van der Waals surface area contributed by atoms with Gasteiger partial charge in [0.05, 0.1) is 29.1 Å².